The maximum Gasteiger partial charge on any atom is 0.107 e. The smallest absolute Gasteiger partial charge is 0.107 e. The van der Waals surface area contributed by atoms with Crippen LogP contribution in [0.4, 0.5) is 0 Å². The van der Waals surface area contributed by atoms with E-state index in [1.807, 2.05) is 12.1 Å². The van der Waals surface area contributed by atoms with Crippen molar-refractivity contribution in [2.75, 3.05) is 6.61 Å². The fraction of sp³-hybridized carbons (Fsp3) is 0.125. The Morgan fingerprint density at radius 2 is 1.68 bits per heavy atom. The van der Waals surface area contributed by atoms with Crippen molar-refractivity contribution >= 4 is 44.7 Å². The van der Waals surface area contributed by atoms with Crippen LogP contribution in [0, 0.1) is 0 Å². The van der Waals surface area contributed by atoms with Gasteiger partial charge in [0.1, 0.15) is 6.10 Å². The summed E-state index contributed by atoms with van der Waals surface area (Å²) in [5, 5.41) is 5.86. The molecule has 0 amide bonds. The Morgan fingerprint density at radius 1 is 0.895 bits per heavy atom. The van der Waals surface area contributed by atoms with Gasteiger partial charge in [0.25, 0.3) is 0 Å². The van der Waals surface area contributed by atoms with Crippen LogP contribution in [0.1, 0.15) is 11.7 Å². The molecule has 3 aromatic carbocycles. The first-order chi connectivity index (χ1) is 9.24. The number of hydrogen-bond donors (Lipinski definition) is 0. The zero-order valence-electron chi connectivity index (χ0n) is 9.99. The summed E-state index contributed by atoms with van der Waals surface area (Å²) in [5.41, 5.74) is 1.26. The van der Waals surface area contributed by atoms with E-state index >= 15 is 0 Å². The van der Waals surface area contributed by atoms with Gasteiger partial charge in [0.15, 0.2) is 0 Å². The van der Waals surface area contributed by atoms with E-state index in [4.69, 9.17) is 27.9 Å². The molecular formula is C16H10Cl2O. The first-order valence-corrected chi connectivity index (χ1v) is 6.91. The van der Waals surface area contributed by atoms with E-state index in [0.717, 1.165) is 17.4 Å². The molecule has 94 valence electrons. The molecule has 0 saturated carbocycles. The number of benzene rings is 3. The van der Waals surface area contributed by atoms with E-state index in [9.17, 15) is 0 Å². The Bertz CT molecular complexity index is 807. The van der Waals surface area contributed by atoms with Crippen molar-refractivity contribution in [3.05, 3.63) is 58.1 Å². The van der Waals surface area contributed by atoms with Gasteiger partial charge in [-0.3, -0.25) is 0 Å². The standard InChI is InChI=1S/C16H10Cl2O/c17-14-6-9-4-5-11-10(13(9)7-15(14)18)2-1-3-12(11)16-8-19-16/h1-7,16H,8H2/t16-/m1/s1. The summed E-state index contributed by atoms with van der Waals surface area (Å²) in [5.74, 6) is 0. The fourth-order valence-electron chi connectivity index (χ4n) is 2.62. The molecule has 0 aliphatic carbocycles. The molecule has 0 aromatic heterocycles. The normalized spacial score (nSPS) is 18.1. The number of rotatable bonds is 1. The van der Waals surface area contributed by atoms with Gasteiger partial charge in [-0.25, -0.2) is 0 Å². The first-order valence-electron chi connectivity index (χ1n) is 6.16. The molecule has 0 bridgehead atoms. The van der Waals surface area contributed by atoms with Gasteiger partial charge in [0.2, 0.25) is 0 Å². The lowest BCUT2D eigenvalue weighted by Crippen LogP contribution is -1.86. The Kier molecular flexibility index (Phi) is 2.49. The summed E-state index contributed by atoms with van der Waals surface area (Å²) < 4.78 is 5.41. The molecule has 1 aliphatic rings. The summed E-state index contributed by atoms with van der Waals surface area (Å²) in [7, 11) is 0. The van der Waals surface area contributed by atoms with E-state index in [0.29, 0.717) is 10.0 Å². The van der Waals surface area contributed by atoms with Gasteiger partial charge in [-0.2, -0.15) is 0 Å². The van der Waals surface area contributed by atoms with Crippen LogP contribution in [-0.4, -0.2) is 6.61 Å². The summed E-state index contributed by atoms with van der Waals surface area (Å²) in [4.78, 5) is 0. The molecule has 1 saturated heterocycles. The quantitative estimate of drug-likeness (QED) is 0.433. The van der Waals surface area contributed by atoms with Gasteiger partial charge in [0, 0.05) is 0 Å². The van der Waals surface area contributed by atoms with Crippen LogP contribution in [0.3, 0.4) is 0 Å². The number of fused-ring (bicyclic) bond motifs is 3. The summed E-state index contributed by atoms with van der Waals surface area (Å²) in [6.07, 6.45) is 0.254. The largest absolute Gasteiger partial charge is 0.368 e. The van der Waals surface area contributed by atoms with Crippen molar-refractivity contribution in [3.8, 4) is 0 Å². The molecule has 1 aliphatic heterocycles. The second-order valence-corrected chi connectivity index (χ2v) is 5.63. The van der Waals surface area contributed by atoms with Crippen molar-refractivity contribution in [2.24, 2.45) is 0 Å². The van der Waals surface area contributed by atoms with E-state index in [1.54, 1.807) is 0 Å². The third kappa shape index (κ3) is 1.81. The van der Waals surface area contributed by atoms with Crippen LogP contribution >= 0.6 is 23.2 Å². The lowest BCUT2D eigenvalue weighted by molar-refractivity contribution is 0.417. The maximum atomic E-state index is 6.15. The Hall–Kier alpha value is -1.28. The van der Waals surface area contributed by atoms with Crippen molar-refractivity contribution < 1.29 is 4.74 Å². The predicted molar refractivity (Wildman–Crippen MR) is 80.2 cm³/mol. The van der Waals surface area contributed by atoms with Gasteiger partial charge < -0.3 is 4.74 Å². The molecular weight excluding hydrogens is 279 g/mol. The molecule has 1 heterocycles. The molecule has 0 radical (unpaired) electrons. The highest BCUT2D eigenvalue weighted by atomic mass is 35.5. The van der Waals surface area contributed by atoms with Crippen molar-refractivity contribution in [2.45, 2.75) is 6.10 Å². The zero-order valence-corrected chi connectivity index (χ0v) is 11.5. The Labute approximate surface area is 120 Å². The van der Waals surface area contributed by atoms with E-state index in [-0.39, 0.29) is 6.10 Å². The van der Waals surface area contributed by atoms with Crippen LogP contribution in [0.15, 0.2) is 42.5 Å². The van der Waals surface area contributed by atoms with E-state index < -0.39 is 0 Å². The highest BCUT2D eigenvalue weighted by molar-refractivity contribution is 6.43. The topological polar surface area (TPSA) is 12.5 Å². The van der Waals surface area contributed by atoms with Gasteiger partial charge in [-0.05, 0) is 39.2 Å². The lowest BCUT2D eigenvalue weighted by atomic mass is 9.97. The lowest BCUT2D eigenvalue weighted by Gasteiger charge is -2.08. The summed E-state index contributed by atoms with van der Waals surface area (Å²) in [6, 6.07) is 14.4. The molecule has 1 fully saturated rings. The highest BCUT2D eigenvalue weighted by Crippen LogP contribution is 2.38. The van der Waals surface area contributed by atoms with Crippen LogP contribution < -0.4 is 0 Å². The number of ether oxygens (including phenoxy) is 1. The zero-order chi connectivity index (χ0) is 13.0. The Morgan fingerprint density at radius 3 is 2.47 bits per heavy atom. The molecule has 0 unspecified atom stereocenters. The highest BCUT2D eigenvalue weighted by Gasteiger charge is 2.26. The van der Waals surface area contributed by atoms with Gasteiger partial charge in [-0.1, -0.05) is 53.5 Å². The molecule has 3 heteroatoms. The van der Waals surface area contributed by atoms with Crippen molar-refractivity contribution in [3.63, 3.8) is 0 Å². The number of epoxide rings is 1. The second-order valence-electron chi connectivity index (χ2n) is 4.82. The first kappa shape index (κ1) is 11.5. The van der Waals surface area contributed by atoms with E-state index in [1.165, 1.54) is 16.3 Å². The van der Waals surface area contributed by atoms with Crippen LogP contribution in [0.5, 0.6) is 0 Å². The van der Waals surface area contributed by atoms with Gasteiger partial charge in [-0.15, -0.1) is 0 Å². The molecule has 0 spiro atoms. The number of hydrogen-bond acceptors (Lipinski definition) is 1. The summed E-state index contributed by atoms with van der Waals surface area (Å²) >= 11 is 12.2. The van der Waals surface area contributed by atoms with Gasteiger partial charge in [0.05, 0.1) is 16.7 Å². The monoisotopic (exact) mass is 288 g/mol. The fourth-order valence-corrected chi connectivity index (χ4v) is 2.95. The summed E-state index contributed by atoms with van der Waals surface area (Å²) in [6.45, 7) is 0.818. The minimum absolute atomic E-state index is 0.254. The molecule has 4 rings (SSSR count). The van der Waals surface area contributed by atoms with E-state index in [2.05, 4.69) is 30.3 Å². The molecule has 19 heavy (non-hydrogen) atoms. The maximum absolute atomic E-state index is 6.15. The minimum Gasteiger partial charge on any atom is -0.368 e. The van der Waals surface area contributed by atoms with Crippen molar-refractivity contribution in [1.82, 2.24) is 0 Å². The average Bonchev–Trinajstić information content (AvgIpc) is 3.24. The van der Waals surface area contributed by atoms with Crippen molar-refractivity contribution in [1.29, 1.82) is 0 Å². The molecule has 3 aromatic rings. The second kappa shape index (κ2) is 4.11. The van der Waals surface area contributed by atoms with Crippen LogP contribution in [-0.2, 0) is 4.74 Å². The average molecular weight is 289 g/mol. The molecule has 0 N–H and O–H groups in total. The van der Waals surface area contributed by atoms with Crippen LogP contribution in [0.25, 0.3) is 21.5 Å². The number of halogens is 2. The predicted octanol–water partition coefficient (Wildman–Crippen LogP) is 5.37. The Balaban J connectivity index is 2.13. The minimum atomic E-state index is 0.254. The third-order valence-corrected chi connectivity index (χ3v) is 4.35. The molecule has 1 nitrogen and oxygen atoms in total. The third-order valence-electron chi connectivity index (χ3n) is 3.63. The van der Waals surface area contributed by atoms with Crippen LogP contribution in [0.2, 0.25) is 10.0 Å². The molecule has 1 atom stereocenters. The van der Waals surface area contributed by atoms with Gasteiger partial charge >= 0.3 is 0 Å². The SMILES string of the molecule is Clc1cc2ccc3c([C@H]4CO4)cccc3c2cc1Cl.